The van der Waals surface area contributed by atoms with E-state index in [-0.39, 0.29) is 0 Å². The molecule has 0 spiro atoms. The van der Waals surface area contributed by atoms with Gasteiger partial charge in [-0.3, -0.25) is 10.1 Å². The average Bonchev–Trinajstić information content (AvgIpc) is 2.07. The molecule has 0 fully saturated rings. The molecule has 0 aliphatic rings. The van der Waals surface area contributed by atoms with Crippen molar-refractivity contribution in [2.75, 3.05) is 0 Å². The smallest absolute Gasteiger partial charge is 0.398 e. The summed E-state index contributed by atoms with van der Waals surface area (Å²) in [5.41, 5.74) is -0.278. The highest BCUT2D eigenvalue weighted by Crippen LogP contribution is 2.36. The molecule has 0 saturated carbocycles. The number of hydrogen-bond acceptors (Lipinski definition) is 3. The number of nitro benzene ring substituents is 1. The van der Waals surface area contributed by atoms with Crippen molar-refractivity contribution in [1.29, 1.82) is 0 Å². The SMILES string of the molecule is Cc1cc([N+](=O)[O-])c(OC(F)(F)F)cc1Br. The Morgan fingerprint density at radius 2 is 2.00 bits per heavy atom. The third-order valence-electron chi connectivity index (χ3n) is 1.66. The van der Waals surface area contributed by atoms with Gasteiger partial charge in [0.25, 0.3) is 0 Å². The van der Waals surface area contributed by atoms with Crippen molar-refractivity contribution >= 4 is 21.6 Å². The molecule has 16 heavy (non-hydrogen) atoms. The summed E-state index contributed by atoms with van der Waals surface area (Å²) in [6, 6.07) is 1.92. The number of ether oxygens (including phenoxy) is 1. The van der Waals surface area contributed by atoms with Crippen molar-refractivity contribution in [2.24, 2.45) is 0 Å². The van der Waals surface area contributed by atoms with Gasteiger partial charge < -0.3 is 4.74 Å². The van der Waals surface area contributed by atoms with E-state index in [1.165, 1.54) is 6.92 Å². The molecule has 0 aliphatic carbocycles. The highest BCUT2D eigenvalue weighted by molar-refractivity contribution is 9.10. The summed E-state index contributed by atoms with van der Waals surface area (Å²) in [5, 5.41) is 10.5. The van der Waals surface area contributed by atoms with Crippen LogP contribution in [0.3, 0.4) is 0 Å². The van der Waals surface area contributed by atoms with E-state index in [1.807, 2.05) is 0 Å². The van der Waals surface area contributed by atoms with Gasteiger partial charge in [0, 0.05) is 16.6 Å². The maximum absolute atomic E-state index is 12.0. The molecule has 1 rings (SSSR count). The minimum absolute atomic E-state index is 0.303. The molecule has 0 radical (unpaired) electrons. The van der Waals surface area contributed by atoms with E-state index in [9.17, 15) is 23.3 Å². The Morgan fingerprint density at radius 1 is 1.44 bits per heavy atom. The van der Waals surface area contributed by atoms with E-state index in [2.05, 4.69) is 20.7 Å². The van der Waals surface area contributed by atoms with E-state index in [0.717, 1.165) is 12.1 Å². The molecule has 4 nitrogen and oxygen atoms in total. The van der Waals surface area contributed by atoms with E-state index < -0.39 is 22.7 Å². The van der Waals surface area contributed by atoms with Gasteiger partial charge in [-0.05, 0) is 12.5 Å². The van der Waals surface area contributed by atoms with Crippen LogP contribution in [-0.2, 0) is 0 Å². The van der Waals surface area contributed by atoms with Crippen LogP contribution >= 0.6 is 15.9 Å². The molecule has 0 unspecified atom stereocenters. The Labute approximate surface area is 96.3 Å². The van der Waals surface area contributed by atoms with Crippen LogP contribution in [0, 0.1) is 17.0 Å². The summed E-state index contributed by atoms with van der Waals surface area (Å²) >= 11 is 2.97. The van der Waals surface area contributed by atoms with Crippen molar-refractivity contribution in [3.63, 3.8) is 0 Å². The number of aryl methyl sites for hydroxylation is 1. The van der Waals surface area contributed by atoms with Crippen molar-refractivity contribution in [3.8, 4) is 5.75 Å². The molecule has 0 atom stereocenters. The Morgan fingerprint density at radius 3 is 2.44 bits per heavy atom. The predicted octanol–water partition coefficient (Wildman–Crippen LogP) is 3.56. The fourth-order valence-corrected chi connectivity index (χ4v) is 1.32. The summed E-state index contributed by atoms with van der Waals surface area (Å²) in [5.74, 6) is -0.838. The van der Waals surface area contributed by atoms with Crippen LogP contribution in [0.1, 0.15) is 5.56 Å². The largest absolute Gasteiger partial charge is 0.573 e. The predicted molar refractivity (Wildman–Crippen MR) is 52.2 cm³/mol. The Hall–Kier alpha value is -1.31. The van der Waals surface area contributed by atoms with Crippen LogP contribution in [-0.4, -0.2) is 11.3 Å². The van der Waals surface area contributed by atoms with E-state index in [1.54, 1.807) is 0 Å². The standard InChI is InChI=1S/C8H5BrF3NO3/c1-4-2-6(13(14)15)7(3-5(4)9)16-8(10,11)12/h2-3H,1H3. The average molecular weight is 300 g/mol. The van der Waals surface area contributed by atoms with Crippen molar-refractivity contribution in [2.45, 2.75) is 13.3 Å². The third kappa shape index (κ3) is 3.09. The number of benzene rings is 1. The number of alkyl halides is 3. The summed E-state index contributed by atoms with van der Waals surface area (Å²) < 4.78 is 39.7. The minimum Gasteiger partial charge on any atom is -0.398 e. The summed E-state index contributed by atoms with van der Waals surface area (Å²) in [6.07, 6.45) is -4.96. The minimum atomic E-state index is -4.96. The summed E-state index contributed by atoms with van der Waals surface area (Å²) in [7, 11) is 0. The summed E-state index contributed by atoms with van der Waals surface area (Å²) in [6.45, 7) is 1.52. The molecule has 0 saturated heterocycles. The topological polar surface area (TPSA) is 52.4 Å². The maximum Gasteiger partial charge on any atom is 0.573 e. The van der Waals surface area contributed by atoms with Crippen LogP contribution in [0.2, 0.25) is 0 Å². The van der Waals surface area contributed by atoms with Gasteiger partial charge in [0.15, 0.2) is 0 Å². The van der Waals surface area contributed by atoms with Crippen LogP contribution in [0.15, 0.2) is 16.6 Å². The molecule has 0 bridgehead atoms. The molecule has 0 aliphatic heterocycles. The highest BCUT2D eigenvalue weighted by Gasteiger charge is 2.34. The molecular formula is C8H5BrF3NO3. The van der Waals surface area contributed by atoms with Crippen molar-refractivity contribution in [1.82, 2.24) is 0 Å². The first kappa shape index (κ1) is 12.8. The second-order valence-electron chi connectivity index (χ2n) is 2.87. The zero-order valence-electron chi connectivity index (χ0n) is 7.84. The van der Waals surface area contributed by atoms with Gasteiger partial charge in [-0.1, -0.05) is 15.9 Å². The second kappa shape index (κ2) is 4.28. The lowest BCUT2D eigenvalue weighted by molar-refractivity contribution is -0.388. The van der Waals surface area contributed by atoms with Gasteiger partial charge in [0.1, 0.15) is 0 Å². The first-order valence-electron chi connectivity index (χ1n) is 3.91. The van der Waals surface area contributed by atoms with Gasteiger partial charge in [-0.25, -0.2) is 0 Å². The fourth-order valence-electron chi connectivity index (χ4n) is 0.997. The van der Waals surface area contributed by atoms with Gasteiger partial charge >= 0.3 is 12.0 Å². The third-order valence-corrected chi connectivity index (χ3v) is 2.52. The normalized spacial score (nSPS) is 11.3. The number of nitrogens with zero attached hydrogens (tertiary/aromatic N) is 1. The molecule has 0 heterocycles. The molecule has 1 aromatic rings. The van der Waals surface area contributed by atoms with E-state index in [4.69, 9.17) is 0 Å². The molecule has 1 aromatic carbocycles. The molecule has 0 amide bonds. The van der Waals surface area contributed by atoms with Crippen molar-refractivity contribution < 1.29 is 22.8 Å². The van der Waals surface area contributed by atoms with Crippen LogP contribution in [0.5, 0.6) is 5.75 Å². The lowest BCUT2D eigenvalue weighted by Gasteiger charge is -2.10. The monoisotopic (exact) mass is 299 g/mol. The fraction of sp³-hybridized carbons (Fsp3) is 0.250. The first-order valence-corrected chi connectivity index (χ1v) is 4.70. The Kier molecular flexibility index (Phi) is 3.41. The first-order chi connectivity index (χ1) is 7.20. The Bertz CT molecular complexity index is 433. The lowest BCUT2D eigenvalue weighted by Crippen LogP contribution is -2.18. The highest BCUT2D eigenvalue weighted by atomic mass is 79.9. The lowest BCUT2D eigenvalue weighted by atomic mass is 10.2. The van der Waals surface area contributed by atoms with Gasteiger partial charge in [-0.15, -0.1) is 13.2 Å². The molecular weight excluding hydrogens is 295 g/mol. The molecule has 8 heteroatoms. The summed E-state index contributed by atoms with van der Waals surface area (Å²) in [4.78, 5) is 9.58. The number of halogens is 4. The number of nitro groups is 1. The number of hydrogen-bond donors (Lipinski definition) is 0. The van der Waals surface area contributed by atoms with Crippen molar-refractivity contribution in [3.05, 3.63) is 32.3 Å². The van der Waals surface area contributed by atoms with Gasteiger partial charge in [-0.2, -0.15) is 0 Å². The molecule has 88 valence electrons. The van der Waals surface area contributed by atoms with E-state index in [0.29, 0.717) is 10.0 Å². The second-order valence-corrected chi connectivity index (χ2v) is 3.73. The maximum atomic E-state index is 12.0. The van der Waals surface area contributed by atoms with E-state index >= 15 is 0 Å². The quantitative estimate of drug-likeness (QED) is 0.620. The zero-order valence-corrected chi connectivity index (χ0v) is 9.42. The van der Waals surface area contributed by atoms with Crippen LogP contribution < -0.4 is 4.74 Å². The van der Waals surface area contributed by atoms with Crippen LogP contribution in [0.4, 0.5) is 18.9 Å². The zero-order chi connectivity index (χ0) is 12.5. The molecule has 0 aromatic heterocycles. The van der Waals surface area contributed by atoms with Gasteiger partial charge in [0.2, 0.25) is 5.75 Å². The Balaban J connectivity index is 3.25. The van der Waals surface area contributed by atoms with Gasteiger partial charge in [0.05, 0.1) is 4.92 Å². The number of rotatable bonds is 2. The van der Waals surface area contributed by atoms with Crippen LogP contribution in [0.25, 0.3) is 0 Å². The molecule has 0 N–H and O–H groups in total.